The maximum atomic E-state index is 12.2. The van der Waals surface area contributed by atoms with Gasteiger partial charge in [0, 0.05) is 4.47 Å². The highest BCUT2D eigenvalue weighted by Gasteiger charge is 2.20. The number of furan rings is 1. The van der Waals surface area contributed by atoms with Crippen molar-refractivity contribution in [2.45, 2.75) is 24.8 Å². The average molecular weight is 344 g/mol. The van der Waals surface area contributed by atoms with Gasteiger partial charge in [-0.1, -0.05) is 15.9 Å². The largest absolute Gasteiger partial charge is 0.468 e. The van der Waals surface area contributed by atoms with E-state index < -0.39 is 16.1 Å². The lowest BCUT2D eigenvalue weighted by Crippen LogP contribution is -2.26. The van der Waals surface area contributed by atoms with Gasteiger partial charge < -0.3 is 4.42 Å². The van der Waals surface area contributed by atoms with E-state index in [2.05, 4.69) is 20.7 Å². The van der Waals surface area contributed by atoms with Crippen LogP contribution in [0.1, 0.15) is 24.3 Å². The molecule has 0 saturated carbocycles. The Morgan fingerprint density at radius 1 is 1.32 bits per heavy atom. The van der Waals surface area contributed by atoms with Crippen LogP contribution in [0.25, 0.3) is 0 Å². The minimum absolute atomic E-state index is 0.242. The molecule has 19 heavy (non-hydrogen) atoms. The van der Waals surface area contributed by atoms with Crippen molar-refractivity contribution in [3.05, 3.63) is 52.4 Å². The van der Waals surface area contributed by atoms with Gasteiger partial charge in [-0.3, -0.25) is 0 Å². The fourth-order valence-electron chi connectivity index (χ4n) is 1.68. The molecule has 2 aromatic rings. The summed E-state index contributed by atoms with van der Waals surface area (Å²) in [6.07, 6.45) is 1.52. The van der Waals surface area contributed by atoms with Gasteiger partial charge in [-0.05, 0) is 49.7 Å². The molecule has 1 heterocycles. The summed E-state index contributed by atoms with van der Waals surface area (Å²) in [5, 5.41) is 0. The predicted octanol–water partition coefficient (Wildman–Crippen LogP) is 3.39. The standard InChI is InChI=1S/C13H14BrNO3S/c1-9-8-11(5-6-12(9)14)19(16,17)15-10(2)13-4-3-7-18-13/h3-8,10,15H,1-2H3/t10-/m1/s1. The third kappa shape index (κ3) is 3.26. The van der Waals surface area contributed by atoms with Crippen molar-refractivity contribution in [1.82, 2.24) is 4.72 Å². The van der Waals surface area contributed by atoms with E-state index in [1.54, 1.807) is 37.3 Å². The first kappa shape index (κ1) is 14.3. The Morgan fingerprint density at radius 2 is 2.05 bits per heavy atom. The highest BCUT2D eigenvalue weighted by atomic mass is 79.9. The highest BCUT2D eigenvalue weighted by molar-refractivity contribution is 9.10. The van der Waals surface area contributed by atoms with Crippen molar-refractivity contribution in [3.8, 4) is 0 Å². The van der Waals surface area contributed by atoms with Crippen LogP contribution in [-0.4, -0.2) is 8.42 Å². The first-order valence-electron chi connectivity index (χ1n) is 5.72. The monoisotopic (exact) mass is 343 g/mol. The summed E-state index contributed by atoms with van der Waals surface area (Å²) in [6.45, 7) is 3.58. The third-order valence-electron chi connectivity index (χ3n) is 2.74. The second-order valence-corrected chi connectivity index (χ2v) is 6.84. The van der Waals surface area contributed by atoms with Crippen molar-refractivity contribution in [2.24, 2.45) is 0 Å². The molecule has 0 bridgehead atoms. The second-order valence-electron chi connectivity index (χ2n) is 4.27. The molecular formula is C13H14BrNO3S. The maximum absolute atomic E-state index is 12.2. The number of sulfonamides is 1. The Kier molecular flexibility index (Phi) is 4.13. The van der Waals surface area contributed by atoms with E-state index >= 15 is 0 Å². The lowest BCUT2D eigenvalue weighted by molar-refractivity contribution is 0.459. The van der Waals surface area contributed by atoms with Gasteiger partial charge in [-0.15, -0.1) is 0 Å². The van der Waals surface area contributed by atoms with Gasteiger partial charge in [0.15, 0.2) is 0 Å². The molecule has 102 valence electrons. The Bertz CT molecular complexity index is 665. The molecule has 1 aromatic heterocycles. The van der Waals surface area contributed by atoms with Gasteiger partial charge in [0.05, 0.1) is 17.2 Å². The molecule has 1 aromatic carbocycles. The molecule has 4 nitrogen and oxygen atoms in total. The Morgan fingerprint density at radius 3 is 2.63 bits per heavy atom. The first-order valence-corrected chi connectivity index (χ1v) is 7.99. The van der Waals surface area contributed by atoms with Crippen molar-refractivity contribution in [2.75, 3.05) is 0 Å². The predicted molar refractivity (Wildman–Crippen MR) is 76.3 cm³/mol. The van der Waals surface area contributed by atoms with Crippen molar-refractivity contribution in [1.29, 1.82) is 0 Å². The summed E-state index contributed by atoms with van der Waals surface area (Å²) >= 11 is 3.35. The Balaban J connectivity index is 2.25. The fourth-order valence-corrected chi connectivity index (χ4v) is 3.22. The quantitative estimate of drug-likeness (QED) is 0.925. The third-order valence-corrected chi connectivity index (χ3v) is 5.17. The average Bonchev–Trinajstić information content (AvgIpc) is 2.85. The number of hydrogen-bond acceptors (Lipinski definition) is 3. The summed E-state index contributed by atoms with van der Waals surface area (Å²) in [6, 6.07) is 7.96. The number of aryl methyl sites for hydroxylation is 1. The van der Waals surface area contributed by atoms with Crippen molar-refractivity contribution < 1.29 is 12.8 Å². The smallest absolute Gasteiger partial charge is 0.241 e. The van der Waals surface area contributed by atoms with E-state index in [0.717, 1.165) is 10.0 Å². The molecule has 0 amide bonds. The van der Waals surface area contributed by atoms with Gasteiger partial charge in [0.1, 0.15) is 5.76 Å². The molecule has 6 heteroatoms. The van der Waals surface area contributed by atoms with Crippen molar-refractivity contribution in [3.63, 3.8) is 0 Å². The molecular weight excluding hydrogens is 330 g/mol. The molecule has 1 atom stereocenters. The van der Waals surface area contributed by atoms with Crippen LogP contribution < -0.4 is 4.72 Å². The van der Waals surface area contributed by atoms with Crippen LogP contribution in [0.2, 0.25) is 0 Å². The molecule has 0 radical (unpaired) electrons. The molecule has 1 N–H and O–H groups in total. The van der Waals surface area contributed by atoms with Crippen LogP contribution in [0.3, 0.4) is 0 Å². The number of rotatable bonds is 4. The lowest BCUT2D eigenvalue weighted by Gasteiger charge is -2.12. The molecule has 0 aliphatic rings. The maximum Gasteiger partial charge on any atom is 0.241 e. The van der Waals surface area contributed by atoms with Crippen LogP contribution in [0.5, 0.6) is 0 Å². The number of benzene rings is 1. The molecule has 0 saturated heterocycles. The first-order chi connectivity index (χ1) is 8.90. The van der Waals surface area contributed by atoms with Crippen LogP contribution in [0.4, 0.5) is 0 Å². The van der Waals surface area contributed by atoms with Crippen LogP contribution in [-0.2, 0) is 10.0 Å². The summed E-state index contributed by atoms with van der Waals surface area (Å²) in [7, 11) is -3.56. The van der Waals surface area contributed by atoms with Gasteiger partial charge in [-0.2, -0.15) is 0 Å². The van der Waals surface area contributed by atoms with Crippen molar-refractivity contribution >= 4 is 26.0 Å². The van der Waals surface area contributed by atoms with E-state index in [0.29, 0.717) is 5.76 Å². The number of nitrogens with one attached hydrogen (secondary N) is 1. The summed E-state index contributed by atoms with van der Waals surface area (Å²) in [4.78, 5) is 0.242. The summed E-state index contributed by atoms with van der Waals surface area (Å²) in [5.41, 5.74) is 0.869. The highest BCUT2D eigenvalue weighted by Crippen LogP contribution is 2.22. The van der Waals surface area contributed by atoms with E-state index in [-0.39, 0.29) is 4.90 Å². The Hall–Kier alpha value is -1.11. The molecule has 2 rings (SSSR count). The molecule has 0 unspecified atom stereocenters. The van der Waals surface area contributed by atoms with Gasteiger partial charge >= 0.3 is 0 Å². The van der Waals surface area contributed by atoms with Gasteiger partial charge in [-0.25, -0.2) is 13.1 Å². The second kappa shape index (κ2) is 5.48. The SMILES string of the molecule is Cc1cc(S(=O)(=O)N[C@H](C)c2ccco2)ccc1Br. The molecule has 0 spiro atoms. The Labute approximate surface area is 121 Å². The number of hydrogen-bond donors (Lipinski definition) is 1. The van der Waals surface area contributed by atoms with E-state index in [9.17, 15) is 8.42 Å². The van der Waals surface area contributed by atoms with E-state index in [1.807, 2.05) is 6.92 Å². The zero-order valence-corrected chi connectivity index (χ0v) is 13.0. The van der Waals surface area contributed by atoms with Crippen LogP contribution in [0.15, 0.2) is 50.4 Å². The molecule has 0 aliphatic carbocycles. The normalized spacial score (nSPS) is 13.4. The number of halogens is 1. The minimum Gasteiger partial charge on any atom is -0.468 e. The van der Waals surface area contributed by atoms with Crippen LogP contribution in [0, 0.1) is 6.92 Å². The minimum atomic E-state index is -3.56. The zero-order valence-electron chi connectivity index (χ0n) is 10.6. The zero-order chi connectivity index (χ0) is 14.0. The van der Waals surface area contributed by atoms with E-state index in [4.69, 9.17) is 4.42 Å². The fraction of sp³-hybridized carbons (Fsp3) is 0.231. The van der Waals surface area contributed by atoms with Crippen LogP contribution >= 0.6 is 15.9 Å². The molecule has 0 fully saturated rings. The van der Waals surface area contributed by atoms with Gasteiger partial charge in [0.2, 0.25) is 10.0 Å². The lowest BCUT2D eigenvalue weighted by atomic mass is 10.2. The summed E-state index contributed by atoms with van der Waals surface area (Å²) < 4.78 is 33.1. The van der Waals surface area contributed by atoms with E-state index in [1.165, 1.54) is 6.26 Å². The summed E-state index contributed by atoms with van der Waals surface area (Å²) in [5.74, 6) is 0.581. The molecule has 0 aliphatic heterocycles. The topological polar surface area (TPSA) is 59.3 Å². The van der Waals surface area contributed by atoms with Gasteiger partial charge in [0.25, 0.3) is 0 Å².